The molecular weight excluding hydrogens is 499 g/mol. The number of hydrogen-bond acceptors (Lipinski definition) is 7. The van der Waals surface area contributed by atoms with Gasteiger partial charge in [-0.2, -0.15) is 0 Å². The second-order valence-electron chi connectivity index (χ2n) is 10.7. The Morgan fingerprint density at radius 1 is 1.00 bits per heavy atom. The first-order valence-electron chi connectivity index (χ1n) is 13.8. The van der Waals surface area contributed by atoms with Crippen molar-refractivity contribution in [3.63, 3.8) is 0 Å². The van der Waals surface area contributed by atoms with Crippen molar-refractivity contribution in [2.24, 2.45) is 5.92 Å². The second kappa shape index (κ2) is 12.2. The van der Waals surface area contributed by atoms with Gasteiger partial charge in [0.15, 0.2) is 5.78 Å². The number of carbonyl (C=O) groups is 2. The van der Waals surface area contributed by atoms with Crippen molar-refractivity contribution < 1.29 is 23.6 Å². The molecule has 208 valence electrons. The molecule has 0 saturated carbocycles. The van der Waals surface area contributed by atoms with E-state index in [0.29, 0.717) is 43.7 Å². The second-order valence-corrected chi connectivity index (χ2v) is 10.7. The number of ether oxygens (including phenoxy) is 1. The smallest absolute Gasteiger partial charge is 0.271 e. The van der Waals surface area contributed by atoms with E-state index in [4.69, 9.17) is 9.57 Å². The zero-order valence-electron chi connectivity index (χ0n) is 22.6. The Morgan fingerprint density at radius 3 is 2.38 bits per heavy atom. The van der Waals surface area contributed by atoms with E-state index in [1.54, 1.807) is 4.90 Å². The predicted molar refractivity (Wildman–Crippen MR) is 147 cm³/mol. The molecule has 1 amide bonds. The maximum Gasteiger partial charge on any atom is 0.271 e. The molecule has 8 nitrogen and oxygen atoms in total. The first-order chi connectivity index (χ1) is 18.9. The molecule has 1 atom stereocenters. The monoisotopic (exact) mass is 536 g/mol. The molecule has 0 aliphatic carbocycles. The normalized spacial score (nSPS) is 20.6. The Labute approximate surface area is 229 Å². The third-order valence-corrected chi connectivity index (χ3v) is 7.56. The summed E-state index contributed by atoms with van der Waals surface area (Å²) in [5, 5.41) is 0. The van der Waals surface area contributed by atoms with Crippen molar-refractivity contribution in [1.29, 1.82) is 0 Å². The van der Waals surface area contributed by atoms with Crippen LogP contribution in [0.2, 0.25) is 0 Å². The summed E-state index contributed by atoms with van der Waals surface area (Å²) < 4.78 is 19.2. The summed E-state index contributed by atoms with van der Waals surface area (Å²) in [6.45, 7) is 9.35. The quantitative estimate of drug-likeness (QED) is 0.517. The Bertz CT molecular complexity index is 1190. The number of piperidine rings is 1. The molecule has 1 N–H and O–H groups in total. The van der Waals surface area contributed by atoms with Gasteiger partial charge in [0.25, 0.3) is 5.91 Å². The number of nitrogens with zero attached hydrogens (tertiary/aromatic N) is 3. The molecule has 3 aliphatic rings. The first kappa shape index (κ1) is 27.1. The van der Waals surface area contributed by atoms with Crippen LogP contribution in [0, 0.1) is 11.7 Å². The van der Waals surface area contributed by atoms with E-state index in [2.05, 4.69) is 21.3 Å². The van der Waals surface area contributed by atoms with Crippen molar-refractivity contribution in [3.05, 3.63) is 71.7 Å². The van der Waals surface area contributed by atoms with E-state index in [1.165, 1.54) is 24.3 Å². The standard InChI is InChI=1S/C30H37FN4O4/c1-21(2)38-28-6-4-3-5-27(28)34-17-15-33(16-18-34)20-25-19-26(32-39-25)30(37)35-13-11-23(12-14-35)29(36)22-7-9-24(31)10-8-22/h3-10,19,21,23,25,32H,11-18,20H2,1-2H3/t25-/m0/s1. The van der Waals surface area contributed by atoms with Crippen molar-refractivity contribution in [2.45, 2.75) is 38.9 Å². The van der Waals surface area contributed by atoms with Gasteiger partial charge in [-0.25, -0.2) is 4.39 Å². The Morgan fingerprint density at radius 2 is 1.69 bits per heavy atom. The van der Waals surface area contributed by atoms with Crippen LogP contribution in [0.1, 0.15) is 37.0 Å². The van der Waals surface area contributed by atoms with Crippen LogP contribution in [0.25, 0.3) is 0 Å². The van der Waals surface area contributed by atoms with E-state index in [9.17, 15) is 14.0 Å². The van der Waals surface area contributed by atoms with Crippen molar-refractivity contribution in [1.82, 2.24) is 15.3 Å². The fraction of sp³-hybridized carbons (Fsp3) is 0.467. The molecule has 5 rings (SSSR count). The van der Waals surface area contributed by atoms with Crippen LogP contribution in [0.3, 0.4) is 0 Å². The fourth-order valence-corrected chi connectivity index (χ4v) is 5.46. The lowest BCUT2D eigenvalue weighted by Crippen LogP contribution is -2.48. The van der Waals surface area contributed by atoms with Gasteiger partial charge in [0.2, 0.25) is 0 Å². The third kappa shape index (κ3) is 6.59. The number of Topliss-reactive ketones (excluding diaryl/α,β-unsaturated/α-hetero) is 1. The predicted octanol–water partition coefficient (Wildman–Crippen LogP) is 3.64. The van der Waals surface area contributed by atoms with Crippen molar-refractivity contribution in [2.75, 3.05) is 50.7 Å². The number of para-hydroxylation sites is 2. The Balaban J connectivity index is 1.08. The molecule has 2 fully saturated rings. The average molecular weight is 537 g/mol. The lowest BCUT2D eigenvalue weighted by molar-refractivity contribution is -0.129. The molecule has 0 aromatic heterocycles. The Kier molecular flexibility index (Phi) is 8.47. The SMILES string of the molecule is CC(C)Oc1ccccc1N1CCN(C[C@@H]2C=C(C(=O)N3CCC(C(=O)c4ccc(F)cc4)CC3)NO2)CC1. The zero-order valence-corrected chi connectivity index (χ0v) is 22.6. The van der Waals surface area contributed by atoms with E-state index in [0.717, 1.165) is 37.6 Å². The summed E-state index contributed by atoms with van der Waals surface area (Å²) >= 11 is 0. The van der Waals surface area contributed by atoms with Gasteiger partial charge < -0.3 is 14.5 Å². The highest BCUT2D eigenvalue weighted by atomic mass is 19.1. The van der Waals surface area contributed by atoms with Crippen LogP contribution in [0.5, 0.6) is 5.75 Å². The lowest BCUT2D eigenvalue weighted by Gasteiger charge is -2.37. The van der Waals surface area contributed by atoms with Gasteiger partial charge in [-0.1, -0.05) is 12.1 Å². The number of benzene rings is 2. The number of anilines is 1. The van der Waals surface area contributed by atoms with Gasteiger partial charge in [-0.05, 0) is 69.2 Å². The van der Waals surface area contributed by atoms with E-state index in [1.807, 2.05) is 38.1 Å². The number of nitrogens with one attached hydrogen (secondary N) is 1. The third-order valence-electron chi connectivity index (χ3n) is 7.56. The number of hydroxylamine groups is 1. The minimum atomic E-state index is -0.356. The van der Waals surface area contributed by atoms with Gasteiger partial charge in [-0.3, -0.25) is 24.8 Å². The van der Waals surface area contributed by atoms with Crippen molar-refractivity contribution >= 4 is 17.4 Å². The van der Waals surface area contributed by atoms with E-state index in [-0.39, 0.29) is 35.6 Å². The number of halogens is 1. The molecule has 9 heteroatoms. The summed E-state index contributed by atoms with van der Waals surface area (Å²) in [5.41, 5.74) is 4.94. The number of hydrogen-bond donors (Lipinski definition) is 1. The highest BCUT2D eigenvalue weighted by Gasteiger charge is 2.32. The Hall–Kier alpha value is -3.43. The van der Waals surface area contributed by atoms with Crippen LogP contribution in [0.15, 0.2) is 60.3 Å². The van der Waals surface area contributed by atoms with Crippen LogP contribution in [-0.4, -0.2) is 79.5 Å². The largest absolute Gasteiger partial charge is 0.489 e. The fourth-order valence-electron chi connectivity index (χ4n) is 5.46. The van der Waals surface area contributed by atoms with E-state index < -0.39 is 0 Å². The minimum Gasteiger partial charge on any atom is -0.489 e. The summed E-state index contributed by atoms with van der Waals surface area (Å²) in [6.07, 6.45) is 2.98. The molecule has 0 radical (unpaired) electrons. The van der Waals surface area contributed by atoms with Crippen LogP contribution >= 0.6 is 0 Å². The van der Waals surface area contributed by atoms with Gasteiger partial charge in [0, 0.05) is 57.3 Å². The van der Waals surface area contributed by atoms with Crippen LogP contribution in [-0.2, 0) is 9.63 Å². The topological polar surface area (TPSA) is 74.4 Å². The van der Waals surface area contributed by atoms with Gasteiger partial charge in [0.1, 0.15) is 23.4 Å². The van der Waals surface area contributed by atoms with Gasteiger partial charge >= 0.3 is 0 Å². The summed E-state index contributed by atoms with van der Waals surface area (Å²) in [4.78, 5) is 38.1. The number of ketones is 1. The van der Waals surface area contributed by atoms with E-state index >= 15 is 0 Å². The zero-order chi connectivity index (χ0) is 27.4. The summed E-state index contributed by atoms with van der Waals surface area (Å²) in [5.74, 6) is 0.317. The molecule has 2 saturated heterocycles. The molecule has 39 heavy (non-hydrogen) atoms. The van der Waals surface area contributed by atoms with Crippen LogP contribution in [0.4, 0.5) is 10.1 Å². The molecule has 0 spiro atoms. The van der Waals surface area contributed by atoms with Crippen molar-refractivity contribution in [3.8, 4) is 5.75 Å². The number of piperazine rings is 1. The number of likely N-dealkylation sites (tertiary alicyclic amines) is 1. The molecule has 3 aliphatic heterocycles. The molecule has 2 aromatic carbocycles. The molecule has 0 unspecified atom stereocenters. The van der Waals surface area contributed by atoms with Gasteiger partial charge in [0.05, 0.1) is 11.8 Å². The average Bonchev–Trinajstić information content (AvgIpc) is 3.42. The molecular formula is C30H37FN4O4. The first-order valence-corrected chi connectivity index (χ1v) is 13.8. The van der Waals surface area contributed by atoms with Crippen LogP contribution < -0.4 is 15.1 Å². The number of rotatable bonds is 8. The molecule has 0 bridgehead atoms. The minimum absolute atomic E-state index is 0.0136. The lowest BCUT2D eigenvalue weighted by atomic mass is 9.89. The summed E-state index contributed by atoms with van der Waals surface area (Å²) in [6, 6.07) is 13.9. The molecule has 2 aromatic rings. The summed E-state index contributed by atoms with van der Waals surface area (Å²) in [7, 11) is 0. The maximum absolute atomic E-state index is 13.2. The number of amides is 1. The maximum atomic E-state index is 13.2. The number of carbonyl (C=O) groups excluding carboxylic acids is 2. The molecule has 3 heterocycles. The highest BCUT2D eigenvalue weighted by Crippen LogP contribution is 2.30. The van der Waals surface area contributed by atoms with Gasteiger partial charge in [-0.15, -0.1) is 0 Å². The highest BCUT2D eigenvalue weighted by molar-refractivity contribution is 5.98.